The van der Waals surface area contributed by atoms with E-state index < -0.39 is 0 Å². The van der Waals surface area contributed by atoms with Crippen molar-refractivity contribution in [2.24, 2.45) is 0 Å². The quantitative estimate of drug-likeness (QED) is 0.714. The van der Waals surface area contributed by atoms with E-state index in [0.717, 1.165) is 5.56 Å². The Kier molecular flexibility index (Phi) is 5.08. The van der Waals surface area contributed by atoms with Gasteiger partial charge >= 0.3 is 0 Å². The van der Waals surface area contributed by atoms with Crippen molar-refractivity contribution in [3.8, 4) is 17.7 Å². The van der Waals surface area contributed by atoms with Gasteiger partial charge in [-0.05, 0) is 37.9 Å². The van der Waals surface area contributed by atoms with Gasteiger partial charge in [0, 0.05) is 11.6 Å². The summed E-state index contributed by atoms with van der Waals surface area (Å²) in [6.45, 7) is 0.498. The zero-order chi connectivity index (χ0) is 17.8. The maximum Gasteiger partial charge on any atom is 0.266 e. The molecule has 2 heterocycles. The Hall–Kier alpha value is -2.75. The topological polar surface area (TPSA) is 78.2 Å². The Morgan fingerprint density at radius 3 is 2.72 bits per heavy atom. The van der Waals surface area contributed by atoms with Crippen LogP contribution in [0, 0.1) is 11.3 Å². The minimum atomic E-state index is -0.00240. The summed E-state index contributed by atoms with van der Waals surface area (Å²) >= 11 is 6.32. The molecule has 0 radical (unpaired) electrons. The molecule has 1 N–H and O–H groups in total. The lowest BCUT2D eigenvalue weighted by atomic mass is 10.1. The molecule has 3 aromatic rings. The molecule has 0 saturated carbocycles. The summed E-state index contributed by atoms with van der Waals surface area (Å²) in [4.78, 5) is 6.21. The zero-order valence-electron chi connectivity index (χ0n) is 13.9. The highest BCUT2D eigenvalue weighted by atomic mass is 35.5. The highest BCUT2D eigenvalue weighted by molar-refractivity contribution is 6.31. The normalized spacial score (nSPS) is 12.1. The Labute approximate surface area is 150 Å². The molecule has 0 aliphatic heterocycles. The summed E-state index contributed by atoms with van der Waals surface area (Å²) in [5, 5.41) is 13.1. The van der Waals surface area contributed by atoms with E-state index in [1.165, 1.54) is 6.26 Å². The molecule has 7 heteroatoms. The SMILES string of the molecule is CN(C)[C@@H](CNc1oc(-c2ccco2)nc1C#N)c1ccccc1Cl. The molecule has 25 heavy (non-hydrogen) atoms. The molecule has 6 nitrogen and oxygen atoms in total. The average Bonchev–Trinajstić information content (AvgIpc) is 3.25. The lowest BCUT2D eigenvalue weighted by Crippen LogP contribution is -2.27. The zero-order valence-corrected chi connectivity index (χ0v) is 14.6. The van der Waals surface area contributed by atoms with E-state index in [1.807, 2.05) is 49.3 Å². The number of aromatic nitrogens is 1. The fourth-order valence-corrected chi connectivity index (χ4v) is 2.79. The molecular weight excluding hydrogens is 340 g/mol. The van der Waals surface area contributed by atoms with Crippen LogP contribution in [0.25, 0.3) is 11.7 Å². The van der Waals surface area contributed by atoms with E-state index in [2.05, 4.69) is 10.3 Å². The predicted octanol–water partition coefficient (Wildman–Crippen LogP) is 4.17. The first-order valence-corrected chi connectivity index (χ1v) is 8.07. The molecule has 0 amide bonds. The van der Waals surface area contributed by atoms with Gasteiger partial charge in [0.15, 0.2) is 5.76 Å². The van der Waals surface area contributed by atoms with Crippen LogP contribution in [0.3, 0.4) is 0 Å². The van der Waals surface area contributed by atoms with Gasteiger partial charge in [-0.1, -0.05) is 29.8 Å². The van der Waals surface area contributed by atoms with Gasteiger partial charge in [0.05, 0.1) is 12.3 Å². The third-order valence-corrected chi connectivity index (χ3v) is 4.15. The number of rotatable bonds is 6. The Morgan fingerprint density at radius 1 is 1.28 bits per heavy atom. The maximum atomic E-state index is 9.29. The lowest BCUT2D eigenvalue weighted by molar-refractivity contribution is 0.310. The molecule has 0 bridgehead atoms. The van der Waals surface area contributed by atoms with Gasteiger partial charge < -0.3 is 19.1 Å². The number of nitrogens with one attached hydrogen (secondary N) is 1. The van der Waals surface area contributed by atoms with Crippen molar-refractivity contribution >= 4 is 17.5 Å². The van der Waals surface area contributed by atoms with Gasteiger partial charge in [-0.3, -0.25) is 0 Å². The van der Waals surface area contributed by atoms with Gasteiger partial charge in [-0.15, -0.1) is 0 Å². The molecule has 0 aliphatic carbocycles. The summed E-state index contributed by atoms with van der Waals surface area (Å²) in [5.41, 5.74) is 1.18. The van der Waals surface area contributed by atoms with E-state index >= 15 is 0 Å². The Morgan fingerprint density at radius 2 is 2.08 bits per heavy atom. The molecule has 128 valence electrons. The second kappa shape index (κ2) is 7.43. The molecule has 1 aromatic carbocycles. The van der Waals surface area contributed by atoms with Gasteiger partial charge in [-0.2, -0.15) is 10.2 Å². The van der Waals surface area contributed by atoms with Crippen molar-refractivity contribution in [1.29, 1.82) is 5.26 Å². The first-order valence-electron chi connectivity index (χ1n) is 7.69. The van der Waals surface area contributed by atoms with Crippen LogP contribution >= 0.6 is 11.6 Å². The summed E-state index contributed by atoms with van der Waals surface area (Å²) in [6.07, 6.45) is 1.53. The minimum Gasteiger partial charge on any atom is -0.459 e. The first-order chi connectivity index (χ1) is 12.1. The Bertz CT molecular complexity index is 881. The number of anilines is 1. The Balaban J connectivity index is 1.82. The number of halogens is 1. The molecule has 2 aromatic heterocycles. The number of hydrogen-bond acceptors (Lipinski definition) is 6. The molecule has 0 spiro atoms. The smallest absolute Gasteiger partial charge is 0.266 e. The van der Waals surface area contributed by atoms with E-state index in [9.17, 15) is 5.26 Å². The van der Waals surface area contributed by atoms with Crippen LogP contribution in [0.1, 0.15) is 17.3 Å². The summed E-state index contributed by atoms with van der Waals surface area (Å²) in [5.74, 6) is 1.05. The maximum absolute atomic E-state index is 9.29. The number of furan rings is 1. The molecule has 1 atom stereocenters. The summed E-state index contributed by atoms with van der Waals surface area (Å²) in [7, 11) is 3.94. The largest absolute Gasteiger partial charge is 0.459 e. The summed E-state index contributed by atoms with van der Waals surface area (Å²) < 4.78 is 10.9. The third-order valence-electron chi connectivity index (χ3n) is 3.81. The van der Waals surface area contributed by atoms with Crippen LogP contribution in [0.5, 0.6) is 0 Å². The number of likely N-dealkylation sites (N-methyl/N-ethyl adjacent to an activating group) is 1. The second-order valence-corrected chi connectivity index (χ2v) is 6.07. The van der Waals surface area contributed by atoms with Crippen molar-refractivity contribution in [3.63, 3.8) is 0 Å². The predicted molar refractivity (Wildman–Crippen MR) is 95.3 cm³/mol. The average molecular weight is 357 g/mol. The standard InChI is InChI=1S/C18H17ClN4O2/c1-23(2)15(12-6-3-4-7-13(12)19)11-21-17-14(10-20)22-18(25-17)16-8-5-9-24-16/h3-9,15,21H,11H2,1-2H3/t15-/m0/s1. The molecule has 0 fully saturated rings. The van der Waals surface area contributed by atoms with Crippen LogP contribution < -0.4 is 5.32 Å². The molecular formula is C18H17ClN4O2. The van der Waals surface area contributed by atoms with E-state index in [0.29, 0.717) is 23.2 Å². The van der Waals surface area contributed by atoms with Gasteiger partial charge in [0.2, 0.25) is 11.6 Å². The van der Waals surface area contributed by atoms with Crippen molar-refractivity contribution in [2.75, 3.05) is 26.0 Å². The van der Waals surface area contributed by atoms with Gasteiger partial charge in [0.1, 0.15) is 6.07 Å². The highest BCUT2D eigenvalue weighted by Gasteiger charge is 2.20. The number of oxazole rings is 1. The molecule has 0 unspecified atom stereocenters. The van der Waals surface area contributed by atoms with Gasteiger partial charge in [-0.25, -0.2) is 0 Å². The molecule has 0 aliphatic rings. The minimum absolute atomic E-state index is 0.00240. The summed E-state index contributed by atoms with van der Waals surface area (Å²) in [6, 6.07) is 13.2. The highest BCUT2D eigenvalue weighted by Crippen LogP contribution is 2.29. The fourth-order valence-electron chi connectivity index (χ4n) is 2.53. The molecule has 0 saturated heterocycles. The van der Waals surface area contributed by atoms with E-state index in [1.54, 1.807) is 12.1 Å². The molecule has 3 rings (SSSR count). The second-order valence-electron chi connectivity index (χ2n) is 5.67. The van der Waals surface area contributed by atoms with Crippen LogP contribution in [0.4, 0.5) is 5.88 Å². The van der Waals surface area contributed by atoms with Crippen molar-refractivity contribution < 1.29 is 8.83 Å². The third kappa shape index (κ3) is 3.68. The van der Waals surface area contributed by atoms with Crippen LogP contribution in [-0.2, 0) is 0 Å². The van der Waals surface area contributed by atoms with Crippen LogP contribution in [-0.4, -0.2) is 30.5 Å². The van der Waals surface area contributed by atoms with E-state index in [-0.39, 0.29) is 17.6 Å². The lowest BCUT2D eigenvalue weighted by Gasteiger charge is -2.25. The number of nitriles is 1. The van der Waals surface area contributed by atoms with Gasteiger partial charge in [0.25, 0.3) is 5.89 Å². The van der Waals surface area contributed by atoms with Crippen LogP contribution in [0.15, 0.2) is 51.5 Å². The van der Waals surface area contributed by atoms with Crippen LogP contribution in [0.2, 0.25) is 5.02 Å². The fraction of sp³-hybridized carbons (Fsp3) is 0.222. The van der Waals surface area contributed by atoms with Crippen molar-refractivity contribution in [3.05, 3.63) is 58.9 Å². The van der Waals surface area contributed by atoms with E-state index in [4.69, 9.17) is 20.4 Å². The monoisotopic (exact) mass is 356 g/mol. The van der Waals surface area contributed by atoms with Crippen molar-refractivity contribution in [2.45, 2.75) is 6.04 Å². The number of hydrogen-bond donors (Lipinski definition) is 1. The first kappa shape index (κ1) is 17.1. The van der Waals surface area contributed by atoms with Crippen molar-refractivity contribution in [1.82, 2.24) is 9.88 Å². The number of nitrogens with zero attached hydrogens (tertiary/aromatic N) is 3. The number of benzene rings is 1.